The van der Waals surface area contributed by atoms with Crippen LogP contribution in [0.25, 0.3) is 0 Å². The summed E-state index contributed by atoms with van der Waals surface area (Å²) in [6.45, 7) is 4.78. The molecular weight excluding hydrogens is 400 g/mol. The van der Waals surface area contributed by atoms with Crippen molar-refractivity contribution in [1.29, 1.82) is 0 Å². The van der Waals surface area contributed by atoms with Gasteiger partial charge in [0.1, 0.15) is 11.6 Å². The molecule has 7 nitrogen and oxygen atoms in total. The summed E-state index contributed by atoms with van der Waals surface area (Å²) in [4.78, 5) is 18.9. The quantitative estimate of drug-likeness (QED) is 0.431. The van der Waals surface area contributed by atoms with Crippen LogP contribution in [0.1, 0.15) is 50.4 Å². The molecule has 1 amide bonds. The maximum absolute atomic E-state index is 12.2. The van der Waals surface area contributed by atoms with Gasteiger partial charge in [-0.05, 0) is 24.1 Å². The summed E-state index contributed by atoms with van der Waals surface area (Å²) in [5.41, 5.74) is 1.10. The Morgan fingerprint density at radius 2 is 2.07 bits per heavy atom. The van der Waals surface area contributed by atoms with Gasteiger partial charge >= 0.3 is 0 Å². The van der Waals surface area contributed by atoms with Gasteiger partial charge in [0.2, 0.25) is 11.0 Å². The smallest absolute Gasteiger partial charge is 0.221 e. The number of methoxy groups -OCH3 is 2. The summed E-state index contributed by atoms with van der Waals surface area (Å²) in [5, 5.41) is 3.83. The zero-order chi connectivity index (χ0) is 21.6. The second kappa shape index (κ2) is 13.9. The van der Waals surface area contributed by atoms with E-state index in [0.29, 0.717) is 32.5 Å². The van der Waals surface area contributed by atoms with Gasteiger partial charge < -0.3 is 19.7 Å². The van der Waals surface area contributed by atoms with Crippen molar-refractivity contribution in [2.75, 3.05) is 45.4 Å². The minimum absolute atomic E-state index is 0.0787. The summed E-state index contributed by atoms with van der Waals surface area (Å²) in [7, 11) is 3.34. The molecule has 1 heterocycles. The Labute approximate surface area is 184 Å². The van der Waals surface area contributed by atoms with Gasteiger partial charge in [0, 0.05) is 51.1 Å². The third-order valence-electron chi connectivity index (χ3n) is 4.75. The van der Waals surface area contributed by atoms with E-state index >= 15 is 0 Å². The molecule has 0 saturated heterocycles. The van der Waals surface area contributed by atoms with Gasteiger partial charge in [-0.1, -0.05) is 38.3 Å². The average molecular weight is 435 g/mol. The molecule has 1 aromatic heterocycles. The minimum Gasteiger partial charge on any atom is -0.497 e. The third kappa shape index (κ3) is 8.67. The fourth-order valence-corrected chi connectivity index (χ4v) is 3.76. The van der Waals surface area contributed by atoms with Gasteiger partial charge in [0.25, 0.3) is 0 Å². The monoisotopic (exact) mass is 434 g/mol. The highest BCUT2D eigenvalue weighted by Crippen LogP contribution is 2.21. The number of ether oxygens (including phenoxy) is 2. The first kappa shape index (κ1) is 24.1. The molecule has 0 unspecified atom stereocenters. The van der Waals surface area contributed by atoms with E-state index < -0.39 is 0 Å². The molecule has 0 aliphatic heterocycles. The van der Waals surface area contributed by atoms with Crippen molar-refractivity contribution in [2.45, 2.75) is 45.4 Å². The number of anilines is 1. The molecule has 0 fully saturated rings. The number of carbonyl (C=O) groups is 1. The summed E-state index contributed by atoms with van der Waals surface area (Å²) < 4.78 is 15.0. The van der Waals surface area contributed by atoms with Crippen molar-refractivity contribution >= 4 is 22.6 Å². The molecular formula is C22H34N4O3S. The number of hydrogen-bond donors (Lipinski definition) is 1. The van der Waals surface area contributed by atoms with Crippen LogP contribution in [0.4, 0.5) is 5.13 Å². The Morgan fingerprint density at radius 3 is 2.83 bits per heavy atom. The molecule has 0 saturated carbocycles. The van der Waals surface area contributed by atoms with Crippen molar-refractivity contribution < 1.29 is 14.3 Å². The summed E-state index contributed by atoms with van der Waals surface area (Å²) >= 11 is 1.36. The van der Waals surface area contributed by atoms with Gasteiger partial charge in [-0.25, -0.2) is 4.98 Å². The number of benzene rings is 1. The topological polar surface area (TPSA) is 76.6 Å². The fraction of sp³-hybridized carbons (Fsp3) is 0.591. The lowest BCUT2D eigenvalue weighted by Gasteiger charge is -2.20. The SMILES string of the molecule is CCCCCCNC(=O)CCN(CCOC)c1nc(Cc2cccc(OC)c2)ns1. The lowest BCUT2D eigenvalue weighted by atomic mass is 10.1. The largest absolute Gasteiger partial charge is 0.497 e. The summed E-state index contributed by atoms with van der Waals surface area (Å²) in [6, 6.07) is 7.92. The van der Waals surface area contributed by atoms with Crippen LogP contribution < -0.4 is 15.0 Å². The van der Waals surface area contributed by atoms with Crippen LogP contribution in [0.5, 0.6) is 5.75 Å². The highest BCUT2D eigenvalue weighted by molar-refractivity contribution is 7.09. The lowest BCUT2D eigenvalue weighted by molar-refractivity contribution is -0.120. The first-order valence-electron chi connectivity index (χ1n) is 10.6. The number of nitrogens with zero attached hydrogens (tertiary/aromatic N) is 3. The van der Waals surface area contributed by atoms with Crippen LogP contribution in [0, 0.1) is 0 Å². The molecule has 30 heavy (non-hydrogen) atoms. The van der Waals surface area contributed by atoms with Crippen molar-refractivity contribution in [3.63, 3.8) is 0 Å². The first-order valence-corrected chi connectivity index (χ1v) is 11.4. The molecule has 1 aromatic carbocycles. The summed E-state index contributed by atoms with van der Waals surface area (Å²) in [6.07, 6.45) is 5.70. The zero-order valence-electron chi connectivity index (χ0n) is 18.4. The lowest BCUT2D eigenvalue weighted by Crippen LogP contribution is -2.33. The number of carbonyl (C=O) groups excluding carboxylic acids is 1. The molecule has 2 aromatic rings. The molecule has 0 radical (unpaired) electrons. The normalized spacial score (nSPS) is 10.8. The van der Waals surface area contributed by atoms with Gasteiger partial charge in [0.15, 0.2) is 0 Å². The van der Waals surface area contributed by atoms with Crippen molar-refractivity contribution in [2.24, 2.45) is 0 Å². The van der Waals surface area contributed by atoms with Crippen LogP contribution in [0.2, 0.25) is 0 Å². The zero-order valence-corrected chi connectivity index (χ0v) is 19.2. The first-order chi connectivity index (χ1) is 14.7. The van der Waals surface area contributed by atoms with E-state index in [1.54, 1.807) is 14.2 Å². The number of hydrogen-bond acceptors (Lipinski definition) is 7. The number of rotatable bonds is 15. The van der Waals surface area contributed by atoms with E-state index in [9.17, 15) is 4.79 Å². The van der Waals surface area contributed by atoms with Crippen LogP contribution in [-0.4, -0.2) is 55.7 Å². The number of amides is 1. The Morgan fingerprint density at radius 1 is 1.20 bits per heavy atom. The van der Waals surface area contributed by atoms with Crippen molar-refractivity contribution in [3.8, 4) is 5.75 Å². The molecule has 2 rings (SSSR count). The van der Waals surface area contributed by atoms with E-state index in [4.69, 9.17) is 14.5 Å². The number of nitrogens with one attached hydrogen (secondary N) is 1. The number of unbranched alkanes of at least 4 members (excludes halogenated alkanes) is 3. The van der Waals surface area contributed by atoms with Gasteiger partial charge in [0.05, 0.1) is 13.7 Å². The molecule has 166 valence electrons. The average Bonchev–Trinajstić information content (AvgIpc) is 3.22. The van der Waals surface area contributed by atoms with Gasteiger partial charge in [-0.2, -0.15) is 4.37 Å². The van der Waals surface area contributed by atoms with E-state index in [2.05, 4.69) is 21.5 Å². The van der Waals surface area contributed by atoms with Crippen LogP contribution >= 0.6 is 11.5 Å². The molecule has 1 N–H and O–H groups in total. The minimum atomic E-state index is 0.0787. The summed E-state index contributed by atoms with van der Waals surface area (Å²) in [5.74, 6) is 1.67. The third-order valence-corrected chi connectivity index (χ3v) is 5.57. The van der Waals surface area contributed by atoms with E-state index in [0.717, 1.165) is 41.7 Å². The maximum Gasteiger partial charge on any atom is 0.221 e. The molecule has 0 bridgehead atoms. The Balaban J connectivity index is 1.89. The van der Waals surface area contributed by atoms with Gasteiger partial charge in [-0.15, -0.1) is 0 Å². The van der Waals surface area contributed by atoms with Gasteiger partial charge in [-0.3, -0.25) is 4.79 Å². The molecule has 0 aliphatic rings. The van der Waals surface area contributed by atoms with Crippen molar-refractivity contribution in [3.05, 3.63) is 35.7 Å². The highest BCUT2D eigenvalue weighted by atomic mass is 32.1. The van der Waals surface area contributed by atoms with Crippen molar-refractivity contribution in [1.82, 2.24) is 14.7 Å². The molecule has 0 atom stereocenters. The Kier molecular flexibility index (Phi) is 11.2. The van der Waals surface area contributed by atoms with Crippen LogP contribution in [0.15, 0.2) is 24.3 Å². The van der Waals surface area contributed by atoms with E-state index in [1.165, 1.54) is 24.4 Å². The highest BCUT2D eigenvalue weighted by Gasteiger charge is 2.15. The molecule has 0 aliphatic carbocycles. The molecule has 8 heteroatoms. The Bertz CT molecular complexity index is 753. The number of aromatic nitrogens is 2. The molecule has 0 spiro atoms. The van der Waals surface area contributed by atoms with Crippen LogP contribution in [-0.2, 0) is 16.0 Å². The maximum atomic E-state index is 12.2. The van der Waals surface area contributed by atoms with E-state index in [1.807, 2.05) is 24.3 Å². The van der Waals surface area contributed by atoms with E-state index in [-0.39, 0.29) is 5.91 Å². The standard InChI is InChI=1S/C22H34N4O3S/c1-4-5-6-7-12-23-21(27)11-13-26(14-15-28-2)22-24-20(25-30-22)17-18-9-8-10-19(16-18)29-3/h8-10,16H,4-7,11-15,17H2,1-3H3,(H,23,27). The predicted molar refractivity (Wildman–Crippen MR) is 122 cm³/mol. The second-order valence-electron chi connectivity index (χ2n) is 7.16. The fourth-order valence-electron chi connectivity index (χ4n) is 3.02. The second-order valence-corrected chi connectivity index (χ2v) is 7.89. The predicted octanol–water partition coefficient (Wildman–Crippen LogP) is 3.68. The Hall–Kier alpha value is -2.19. The van der Waals surface area contributed by atoms with Crippen LogP contribution in [0.3, 0.4) is 0 Å².